The lowest BCUT2D eigenvalue weighted by molar-refractivity contribution is 0.102. The van der Waals surface area contributed by atoms with Gasteiger partial charge in [-0.15, -0.1) is 0 Å². The van der Waals surface area contributed by atoms with Crippen LogP contribution < -0.4 is 10.2 Å². The number of carbonyl (C=O) groups excluding carboxylic acids is 1. The van der Waals surface area contributed by atoms with Crippen molar-refractivity contribution in [1.29, 1.82) is 0 Å². The van der Waals surface area contributed by atoms with E-state index in [-0.39, 0.29) is 11.7 Å². The summed E-state index contributed by atoms with van der Waals surface area (Å²) in [5, 5.41) is 3.40. The number of nitrogens with zero attached hydrogens (tertiary/aromatic N) is 3. The maximum atomic E-state index is 15.4. The van der Waals surface area contributed by atoms with Crippen molar-refractivity contribution in [2.45, 2.75) is 46.2 Å². The number of benzene rings is 2. The number of H-pyrrole nitrogens is 1. The molecule has 0 bridgehead atoms. The molecular weight excluding hydrogens is 453 g/mol. The monoisotopic (exact) mass is 483 g/mol. The molecule has 1 aliphatic heterocycles. The molecule has 6 nitrogen and oxygen atoms in total. The van der Waals surface area contributed by atoms with Crippen LogP contribution >= 0.6 is 11.6 Å². The Morgan fingerprint density at radius 1 is 1.24 bits per heavy atom. The summed E-state index contributed by atoms with van der Waals surface area (Å²) >= 11 is 6.37. The molecule has 4 rings (SSSR count). The summed E-state index contributed by atoms with van der Waals surface area (Å²) in [6.07, 6.45) is 2.60. The van der Waals surface area contributed by atoms with E-state index in [1.807, 2.05) is 6.92 Å². The van der Waals surface area contributed by atoms with Gasteiger partial charge in [0.05, 0.1) is 10.7 Å². The number of hydrogen-bond acceptors (Lipinski definition) is 4. The Kier molecular flexibility index (Phi) is 6.96. The molecule has 2 N–H and O–H groups in total. The summed E-state index contributed by atoms with van der Waals surface area (Å²) in [5.41, 5.74) is 3.43. The minimum atomic E-state index is -0.370. The van der Waals surface area contributed by atoms with Crippen LogP contribution in [0.1, 0.15) is 42.4 Å². The zero-order valence-electron chi connectivity index (χ0n) is 20.2. The van der Waals surface area contributed by atoms with Gasteiger partial charge in [-0.05, 0) is 70.1 Å². The van der Waals surface area contributed by atoms with Gasteiger partial charge < -0.3 is 15.2 Å². The summed E-state index contributed by atoms with van der Waals surface area (Å²) in [6, 6.07) is 9.25. The number of likely N-dealkylation sites (N-methyl/N-ethyl adjacent to an activating group) is 1. The summed E-state index contributed by atoms with van der Waals surface area (Å²) in [4.78, 5) is 25.0. The van der Waals surface area contributed by atoms with E-state index in [9.17, 15) is 4.79 Å². The zero-order chi connectivity index (χ0) is 24.6. The van der Waals surface area contributed by atoms with Gasteiger partial charge in [-0.1, -0.05) is 18.5 Å². The number of carbonyl (C=O) groups is 1. The summed E-state index contributed by atoms with van der Waals surface area (Å²) in [7, 11) is 2.10. The zero-order valence-corrected chi connectivity index (χ0v) is 21.0. The smallest absolute Gasteiger partial charge is 0.256 e. The molecule has 2 heterocycles. The van der Waals surface area contributed by atoms with E-state index in [0.717, 1.165) is 25.2 Å². The van der Waals surface area contributed by atoms with E-state index in [0.29, 0.717) is 51.0 Å². The first-order valence-electron chi connectivity index (χ1n) is 11.6. The molecule has 180 valence electrons. The highest BCUT2D eigenvalue weighted by atomic mass is 35.5. The summed E-state index contributed by atoms with van der Waals surface area (Å²) < 4.78 is 15.4. The fraction of sp³-hybridized carbons (Fsp3) is 0.385. The third-order valence-corrected chi connectivity index (χ3v) is 7.13. The van der Waals surface area contributed by atoms with E-state index >= 15 is 4.39 Å². The Bertz CT molecular complexity index is 1200. The maximum Gasteiger partial charge on any atom is 0.256 e. The minimum Gasteiger partial charge on any atom is -0.366 e. The second-order valence-corrected chi connectivity index (χ2v) is 9.51. The van der Waals surface area contributed by atoms with E-state index in [4.69, 9.17) is 11.6 Å². The highest BCUT2D eigenvalue weighted by Crippen LogP contribution is 2.31. The van der Waals surface area contributed by atoms with Crippen molar-refractivity contribution in [3.63, 3.8) is 0 Å². The normalized spacial score (nSPS) is 18.9. The van der Waals surface area contributed by atoms with Crippen LogP contribution in [0.15, 0.2) is 36.5 Å². The largest absolute Gasteiger partial charge is 0.366 e. The third kappa shape index (κ3) is 4.68. The Morgan fingerprint density at radius 2 is 1.94 bits per heavy atom. The molecule has 2 aromatic carbocycles. The second kappa shape index (κ2) is 9.76. The molecule has 0 unspecified atom stereocenters. The van der Waals surface area contributed by atoms with E-state index in [1.165, 1.54) is 0 Å². The van der Waals surface area contributed by atoms with Crippen LogP contribution in [0.3, 0.4) is 0 Å². The molecular formula is C26H31ClFN5O. The van der Waals surface area contributed by atoms with E-state index in [2.05, 4.69) is 46.0 Å². The SMILES string of the molecule is CCc1cnc(-c2cc(NC(=O)c3ccc(N4C[C@@H](C)N(C)[C@@H](C)C4)c(F)c3C)ccc2Cl)[nH]1. The van der Waals surface area contributed by atoms with Gasteiger partial charge in [-0.3, -0.25) is 9.69 Å². The molecule has 8 heteroatoms. The second-order valence-electron chi connectivity index (χ2n) is 9.10. The first kappa shape index (κ1) is 24.2. The number of anilines is 2. The van der Waals surface area contributed by atoms with E-state index < -0.39 is 0 Å². The molecule has 1 amide bonds. The predicted molar refractivity (Wildman–Crippen MR) is 136 cm³/mol. The number of aryl methyl sites for hydroxylation is 1. The molecule has 2 atom stereocenters. The summed E-state index contributed by atoms with van der Waals surface area (Å²) in [5.74, 6) is -0.0822. The molecule has 1 aromatic heterocycles. The number of hydrogen-bond donors (Lipinski definition) is 2. The van der Waals surface area contributed by atoms with Crippen LogP contribution in [0.5, 0.6) is 0 Å². The van der Waals surface area contributed by atoms with Crippen molar-refractivity contribution in [3.05, 3.63) is 64.2 Å². The quantitative estimate of drug-likeness (QED) is 0.501. The van der Waals surface area contributed by atoms with Gasteiger partial charge in [0.15, 0.2) is 0 Å². The molecule has 1 saturated heterocycles. The first-order valence-corrected chi connectivity index (χ1v) is 12.0. The molecule has 0 spiro atoms. The van der Waals surface area contributed by atoms with Crippen LogP contribution in [0.2, 0.25) is 5.02 Å². The average Bonchev–Trinajstić information content (AvgIpc) is 3.29. The van der Waals surface area contributed by atoms with Gasteiger partial charge in [0, 0.05) is 53.9 Å². The highest BCUT2D eigenvalue weighted by molar-refractivity contribution is 6.33. The van der Waals surface area contributed by atoms with Gasteiger partial charge >= 0.3 is 0 Å². The third-order valence-electron chi connectivity index (χ3n) is 6.80. The standard InChI is InChI=1S/C26H31ClFN5O/c1-6-18-12-29-25(30-18)21-11-19(7-9-22(21)27)31-26(34)20-8-10-23(24(28)17(20)4)33-13-15(2)32(5)16(3)14-33/h7-12,15-16H,6,13-14H2,1-5H3,(H,29,30)(H,31,34)/t15-,16+. The highest BCUT2D eigenvalue weighted by Gasteiger charge is 2.29. The number of rotatable bonds is 5. The van der Waals surface area contributed by atoms with Crippen LogP contribution in [-0.4, -0.2) is 53.0 Å². The van der Waals surface area contributed by atoms with Crippen molar-refractivity contribution in [2.24, 2.45) is 0 Å². The van der Waals surface area contributed by atoms with Crippen molar-refractivity contribution >= 4 is 28.9 Å². The van der Waals surface area contributed by atoms with Crippen LogP contribution in [0.25, 0.3) is 11.4 Å². The number of aromatic amines is 1. The molecule has 34 heavy (non-hydrogen) atoms. The van der Waals surface area contributed by atoms with Gasteiger partial charge in [0.1, 0.15) is 11.6 Å². The predicted octanol–water partition coefficient (Wildman–Crippen LogP) is 5.52. The number of imidazole rings is 1. The summed E-state index contributed by atoms with van der Waals surface area (Å²) in [6.45, 7) is 9.45. The van der Waals surface area contributed by atoms with Crippen molar-refractivity contribution < 1.29 is 9.18 Å². The van der Waals surface area contributed by atoms with E-state index in [1.54, 1.807) is 43.5 Å². The van der Waals surface area contributed by atoms with Gasteiger partial charge in [0.25, 0.3) is 5.91 Å². The minimum absolute atomic E-state index is 0.305. The molecule has 1 fully saturated rings. The van der Waals surface area contributed by atoms with Crippen LogP contribution in [0.4, 0.5) is 15.8 Å². The lowest BCUT2D eigenvalue weighted by atomic mass is 10.0. The van der Waals surface area contributed by atoms with Crippen molar-refractivity contribution in [2.75, 3.05) is 30.4 Å². The van der Waals surface area contributed by atoms with Crippen LogP contribution in [-0.2, 0) is 6.42 Å². The van der Waals surface area contributed by atoms with Gasteiger partial charge in [-0.2, -0.15) is 0 Å². The first-order chi connectivity index (χ1) is 16.2. The Hall–Kier alpha value is -2.90. The molecule has 3 aromatic rings. The van der Waals surface area contributed by atoms with Gasteiger partial charge in [-0.25, -0.2) is 9.37 Å². The number of piperazine rings is 1. The average molecular weight is 484 g/mol. The fourth-order valence-electron chi connectivity index (χ4n) is 4.42. The van der Waals surface area contributed by atoms with Crippen LogP contribution in [0, 0.1) is 12.7 Å². The Labute approximate surface area is 205 Å². The molecule has 0 radical (unpaired) electrons. The van der Waals surface area contributed by atoms with Gasteiger partial charge in [0.2, 0.25) is 0 Å². The number of halogens is 2. The number of amides is 1. The lowest BCUT2D eigenvalue weighted by Crippen LogP contribution is -2.55. The Balaban J connectivity index is 1.56. The number of aromatic nitrogens is 2. The Morgan fingerprint density at radius 3 is 2.59 bits per heavy atom. The van der Waals surface area contributed by atoms with Crippen molar-refractivity contribution in [3.8, 4) is 11.4 Å². The fourth-order valence-corrected chi connectivity index (χ4v) is 4.63. The molecule has 1 aliphatic rings. The number of nitrogens with one attached hydrogen (secondary N) is 2. The maximum absolute atomic E-state index is 15.4. The molecule has 0 saturated carbocycles. The topological polar surface area (TPSA) is 64.3 Å². The van der Waals surface area contributed by atoms with Crippen molar-refractivity contribution in [1.82, 2.24) is 14.9 Å². The molecule has 0 aliphatic carbocycles. The lowest BCUT2D eigenvalue weighted by Gasteiger charge is -2.43.